The van der Waals surface area contributed by atoms with Gasteiger partial charge in [0.1, 0.15) is 30.3 Å². The van der Waals surface area contributed by atoms with E-state index in [0.717, 1.165) is 80.4 Å². The number of rotatable bonds is 18. The number of amides is 1. The van der Waals surface area contributed by atoms with E-state index in [1.807, 2.05) is 63.2 Å². The zero-order valence-corrected chi connectivity index (χ0v) is 45.9. The molecule has 2 atom stereocenters. The summed E-state index contributed by atoms with van der Waals surface area (Å²) in [4.78, 5) is 69.3. The summed E-state index contributed by atoms with van der Waals surface area (Å²) in [6.45, 7) is 14.1. The van der Waals surface area contributed by atoms with Crippen molar-refractivity contribution in [2.45, 2.75) is 79.2 Å². The number of hydrogen-bond acceptors (Lipinski definition) is 21. The maximum atomic E-state index is 12.5. The van der Waals surface area contributed by atoms with Gasteiger partial charge in [0.25, 0.3) is 0 Å². The Balaban J connectivity index is 0.000000284. The molecule has 416 valence electrons. The standard InChI is InChI=1S/C30H36N8O4.C25H28N8O2.2CH4/c1-30(2,3)42-29(40)38-14-12-37(13-15-38)19-23-6-5-7-24(16-23)34-27-32-20-33-28(36-27)35-25(26(39)41-4)17-21-8-10-22(18-31)11-9-21;1-35-23(34)22(14-18-5-7-19(15-26)8-6-18)31-25-29-17-28-24(32-25)30-21-4-2-3-20(13-21)16-33-11-9-27-10-12-33;;/h5-11,16,20,25H,12-15,17,19H2,1-4H3,(H2,32,33,34,35,36);2-8,13,17,22,27H,9-12,14,16H2,1H3,(H2,28,29,30,31,32);2*1H4/t25-;22-;;/m00../s1/i;;2*1T. The summed E-state index contributed by atoms with van der Waals surface area (Å²) >= 11 is 0. The average molecular weight is 1080 g/mol. The number of nitrogens with zero attached hydrogens (tertiary/aromatic N) is 11. The molecule has 4 aromatic carbocycles. The largest absolute Gasteiger partial charge is 0.467 e. The molecule has 2 fully saturated rings. The lowest BCUT2D eigenvalue weighted by molar-refractivity contribution is -0.142. The zero-order valence-electron chi connectivity index (χ0n) is 47.9. The highest BCUT2D eigenvalue weighted by molar-refractivity contribution is 5.79. The minimum atomic E-state index is -0.739. The summed E-state index contributed by atoms with van der Waals surface area (Å²) in [6.07, 6.45) is 3.15. The van der Waals surface area contributed by atoms with Crippen LogP contribution in [0.4, 0.5) is 40.0 Å². The van der Waals surface area contributed by atoms with Crippen LogP contribution in [0.3, 0.4) is 0 Å². The van der Waals surface area contributed by atoms with Crippen molar-refractivity contribution in [2.24, 2.45) is 0 Å². The molecule has 0 aliphatic carbocycles. The minimum Gasteiger partial charge on any atom is -0.467 e. The van der Waals surface area contributed by atoms with E-state index in [9.17, 15) is 14.4 Å². The summed E-state index contributed by atoms with van der Waals surface area (Å²) < 4.78 is 26.9. The lowest BCUT2D eigenvalue weighted by Gasteiger charge is -2.35. The monoisotopic (exact) mass is 1080 g/mol. The van der Waals surface area contributed by atoms with Crippen molar-refractivity contribution >= 4 is 53.2 Å². The molecule has 0 spiro atoms. The Kier molecular flexibility index (Phi) is 22.1. The van der Waals surface area contributed by atoms with Gasteiger partial charge in [-0.3, -0.25) is 9.80 Å². The molecule has 2 aliphatic heterocycles. The second-order valence-corrected chi connectivity index (χ2v) is 19.2. The lowest BCUT2D eigenvalue weighted by Crippen LogP contribution is -2.49. The molecule has 2 aromatic heterocycles. The molecule has 1 amide bonds. The van der Waals surface area contributed by atoms with Gasteiger partial charge in [-0.2, -0.15) is 20.5 Å². The summed E-state index contributed by atoms with van der Waals surface area (Å²) in [5.41, 5.74) is 6.31. The van der Waals surface area contributed by atoms with Crippen LogP contribution in [0.15, 0.2) is 110 Å². The van der Waals surface area contributed by atoms with Gasteiger partial charge in [0.05, 0.1) is 37.5 Å². The fourth-order valence-corrected chi connectivity index (χ4v) is 8.29. The molecule has 2 saturated heterocycles. The van der Waals surface area contributed by atoms with Gasteiger partial charge in [0, 0.05) is 92.4 Å². The number of esters is 2. The second-order valence-electron chi connectivity index (χ2n) is 19.2. The van der Waals surface area contributed by atoms with Gasteiger partial charge in [-0.15, -0.1) is 0 Å². The minimum absolute atomic E-state index is 0.218. The molecule has 2 aliphatic rings. The molecule has 6 aromatic rings. The number of nitrogens with one attached hydrogen (secondary N) is 5. The normalized spacial score (nSPS) is 14.3. The Bertz CT molecular complexity index is 3000. The van der Waals surface area contributed by atoms with Crippen LogP contribution in [0.1, 0.15) is 71.7 Å². The lowest BCUT2D eigenvalue weighted by atomic mass is 10.0. The third-order valence-electron chi connectivity index (χ3n) is 12.2. The number of methoxy groups -OCH3 is 2. The molecule has 0 bridgehead atoms. The number of anilines is 6. The number of ether oxygens (including phenoxy) is 3. The van der Waals surface area contributed by atoms with Crippen LogP contribution >= 0.6 is 0 Å². The highest BCUT2D eigenvalue weighted by atomic mass is 16.6. The molecule has 79 heavy (non-hydrogen) atoms. The van der Waals surface area contributed by atoms with Crippen molar-refractivity contribution < 1.29 is 31.3 Å². The number of carbonyl (C=O) groups is 3. The van der Waals surface area contributed by atoms with Crippen molar-refractivity contribution in [3.05, 3.63) is 143 Å². The summed E-state index contributed by atoms with van der Waals surface area (Å²) in [6, 6.07) is 32.9. The van der Waals surface area contributed by atoms with Crippen molar-refractivity contribution in [1.29, 1.82) is 10.5 Å². The van der Waals surface area contributed by atoms with Crippen LogP contribution < -0.4 is 26.6 Å². The van der Waals surface area contributed by atoms with E-state index < -0.39 is 29.6 Å². The van der Waals surface area contributed by atoms with Gasteiger partial charge in [-0.05, 0) is 91.6 Å². The van der Waals surface area contributed by atoms with Crippen molar-refractivity contribution in [3.63, 3.8) is 0 Å². The Morgan fingerprint density at radius 1 is 0.620 bits per heavy atom. The number of hydrogen-bond donors (Lipinski definition) is 5. The molecule has 5 N–H and O–H groups in total. The predicted molar refractivity (Wildman–Crippen MR) is 302 cm³/mol. The SMILES string of the molecule is COC(=O)[C@H](Cc1ccc(C#N)cc1)Nc1ncnc(Nc2cccc(CN3CCN(C(=O)OC(C)(C)C)CC3)c2)n1.COC(=O)[C@H](Cc1ccc(C#N)cc1)Nc1ncnc(Nc2cccc(CN3CCNCC3)c2)n1.[3H]C.[3H]C. The molecule has 0 saturated carbocycles. The van der Waals surface area contributed by atoms with Crippen LogP contribution in [-0.4, -0.2) is 147 Å². The molecule has 0 radical (unpaired) electrons. The first-order valence-electron chi connectivity index (χ1n) is 27.1. The first kappa shape index (κ1) is 57.9. The Labute approximate surface area is 465 Å². The highest BCUT2D eigenvalue weighted by Crippen LogP contribution is 2.21. The number of nitriles is 2. The Morgan fingerprint density at radius 2 is 1.04 bits per heavy atom. The topological polar surface area (TPSA) is 274 Å². The maximum absolute atomic E-state index is 12.5. The molecule has 0 unspecified atom stereocenters. The van der Waals surface area contributed by atoms with Crippen LogP contribution in [0.2, 0.25) is 0 Å². The Morgan fingerprint density at radius 3 is 1.44 bits per heavy atom. The Hall–Kier alpha value is -8.83. The zero-order chi connectivity index (χ0) is 58.6. The van der Waals surface area contributed by atoms with E-state index in [1.165, 1.54) is 47.2 Å². The molecule has 22 heteroatoms. The van der Waals surface area contributed by atoms with Crippen LogP contribution in [-0.2, 0) is 49.7 Å². The fourth-order valence-electron chi connectivity index (χ4n) is 8.29. The van der Waals surface area contributed by atoms with Crippen molar-refractivity contribution in [2.75, 3.05) is 87.8 Å². The van der Waals surface area contributed by atoms with E-state index in [0.29, 0.717) is 49.0 Å². The van der Waals surface area contributed by atoms with Crippen molar-refractivity contribution in [3.8, 4) is 12.1 Å². The van der Waals surface area contributed by atoms with Crippen LogP contribution in [0.5, 0.6) is 0 Å². The van der Waals surface area contributed by atoms with Gasteiger partial charge in [-0.1, -0.05) is 63.3 Å². The molecule has 8 rings (SSSR count). The number of aromatic nitrogens is 6. The van der Waals surface area contributed by atoms with Crippen LogP contribution in [0.25, 0.3) is 0 Å². The van der Waals surface area contributed by atoms with Gasteiger partial charge in [0.2, 0.25) is 23.8 Å². The number of piperazine rings is 2. The summed E-state index contributed by atoms with van der Waals surface area (Å²) in [7, 11) is 5.16. The maximum Gasteiger partial charge on any atom is 0.410 e. The quantitative estimate of drug-likeness (QED) is 0.0424. The molecular formula is C57H72N16O6. The van der Waals surface area contributed by atoms with Gasteiger partial charge >= 0.3 is 18.0 Å². The average Bonchev–Trinajstić information content (AvgIpc) is 3.54. The number of benzene rings is 4. The van der Waals surface area contributed by atoms with Gasteiger partial charge in [0.15, 0.2) is 0 Å². The van der Waals surface area contributed by atoms with Gasteiger partial charge in [-0.25, -0.2) is 34.3 Å². The summed E-state index contributed by atoms with van der Waals surface area (Å²) in [5.74, 6) is 0.249. The first-order valence-corrected chi connectivity index (χ1v) is 25.1. The fraction of sp³-hybridized carbons (Fsp3) is 0.386. The third kappa shape index (κ3) is 19.6. The van der Waals surface area contributed by atoms with E-state index in [1.54, 1.807) is 41.3 Å². The number of carbonyl (C=O) groups excluding carboxylic acids is 3. The van der Waals surface area contributed by atoms with Crippen molar-refractivity contribution in [1.82, 2.24) is 49.9 Å². The highest BCUT2D eigenvalue weighted by Gasteiger charge is 2.27. The smallest absolute Gasteiger partial charge is 0.410 e. The van der Waals surface area contributed by atoms with E-state index >= 15 is 0 Å². The summed E-state index contributed by atoms with van der Waals surface area (Å²) in [5, 5.41) is 33.9. The third-order valence-corrected chi connectivity index (χ3v) is 12.2. The van der Waals surface area contributed by atoms with E-state index in [-0.39, 0.29) is 18.0 Å². The first-order chi connectivity index (χ1) is 39.2. The van der Waals surface area contributed by atoms with E-state index in [2.05, 4.69) is 96.6 Å². The second kappa shape index (κ2) is 30.2. The molecular weight excluding hydrogens is 1000 g/mol. The predicted octanol–water partition coefficient (Wildman–Crippen LogP) is 7.10. The molecule has 22 nitrogen and oxygen atoms in total. The molecule has 4 heterocycles. The van der Waals surface area contributed by atoms with Crippen LogP contribution in [0, 0.1) is 22.7 Å². The van der Waals surface area contributed by atoms with E-state index in [4.69, 9.17) is 27.5 Å². The van der Waals surface area contributed by atoms with Gasteiger partial charge < -0.3 is 45.7 Å².